The number of carbonyl (C=O) groups excluding carboxylic acids is 2. The fourth-order valence-corrected chi connectivity index (χ4v) is 3.25. The summed E-state index contributed by atoms with van der Waals surface area (Å²) in [5, 5.41) is 12.2. The summed E-state index contributed by atoms with van der Waals surface area (Å²) in [6, 6.07) is 15.1. The van der Waals surface area contributed by atoms with Crippen molar-refractivity contribution in [2.24, 2.45) is 0 Å². The van der Waals surface area contributed by atoms with Gasteiger partial charge >= 0.3 is 5.97 Å². The number of rotatable bonds is 11. The maximum atomic E-state index is 12.4. The van der Waals surface area contributed by atoms with Crippen LogP contribution in [0, 0.1) is 11.3 Å². The molecule has 1 amide bonds. The molecular weight excluding hydrogens is 476 g/mol. The molecule has 168 valence electrons. The van der Waals surface area contributed by atoms with Gasteiger partial charge in [0.2, 0.25) is 0 Å². The van der Waals surface area contributed by atoms with E-state index in [0.29, 0.717) is 28.1 Å². The summed E-state index contributed by atoms with van der Waals surface area (Å²) in [5.41, 5.74) is 1.72. The fourth-order valence-electron chi connectivity index (χ4n) is 2.81. The molecule has 7 nitrogen and oxygen atoms in total. The average molecular weight is 501 g/mol. The number of esters is 1. The smallest absolute Gasteiger partial charge is 0.344 e. The Labute approximate surface area is 196 Å². The van der Waals surface area contributed by atoms with Gasteiger partial charge in [-0.15, -0.1) is 0 Å². The van der Waals surface area contributed by atoms with E-state index >= 15 is 0 Å². The van der Waals surface area contributed by atoms with E-state index in [4.69, 9.17) is 14.2 Å². The summed E-state index contributed by atoms with van der Waals surface area (Å²) in [6.07, 6.45) is 3.06. The normalized spacial score (nSPS) is 10.8. The number of aryl methyl sites for hydroxylation is 1. The predicted molar refractivity (Wildman–Crippen MR) is 124 cm³/mol. The molecule has 0 aliphatic rings. The molecule has 0 unspecified atom stereocenters. The summed E-state index contributed by atoms with van der Waals surface area (Å²) < 4.78 is 16.2. The molecule has 1 N–H and O–H groups in total. The van der Waals surface area contributed by atoms with Gasteiger partial charge < -0.3 is 19.5 Å². The van der Waals surface area contributed by atoms with E-state index in [1.807, 2.05) is 36.4 Å². The molecule has 2 aromatic rings. The number of methoxy groups -OCH3 is 1. The second-order valence-corrected chi connectivity index (χ2v) is 7.49. The number of ether oxygens (including phenoxy) is 3. The quantitative estimate of drug-likeness (QED) is 0.216. The molecular formula is C24H25BrN2O5. The van der Waals surface area contributed by atoms with Crippen LogP contribution in [0.4, 0.5) is 0 Å². The van der Waals surface area contributed by atoms with Crippen molar-refractivity contribution in [1.82, 2.24) is 5.32 Å². The molecule has 0 aliphatic heterocycles. The maximum Gasteiger partial charge on any atom is 0.344 e. The molecule has 0 radical (unpaired) electrons. The van der Waals surface area contributed by atoms with Crippen LogP contribution < -0.4 is 14.8 Å². The minimum Gasteiger partial charge on any atom is -0.493 e. The predicted octanol–water partition coefficient (Wildman–Crippen LogP) is 4.06. The van der Waals surface area contributed by atoms with Crippen molar-refractivity contribution in [3.8, 4) is 17.6 Å². The van der Waals surface area contributed by atoms with E-state index in [1.165, 1.54) is 18.7 Å². The van der Waals surface area contributed by atoms with Gasteiger partial charge in [0, 0.05) is 11.0 Å². The molecule has 0 aliphatic carbocycles. The van der Waals surface area contributed by atoms with Crippen LogP contribution in [-0.4, -0.2) is 38.7 Å². The summed E-state index contributed by atoms with van der Waals surface area (Å²) in [4.78, 5) is 24.0. The second-order valence-electron chi connectivity index (χ2n) is 6.63. The van der Waals surface area contributed by atoms with Crippen molar-refractivity contribution in [3.05, 3.63) is 63.6 Å². The highest BCUT2D eigenvalue weighted by molar-refractivity contribution is 9.10. The largest absolute Gasteiger partial charge is 0.493 e. The van der Waals surface area contributed by atoms with Crippen LogP contribution in [0.1, 0.15) is 24.5 Å². The maximum absolute atomic E-state index is 12.4. The number of hydrogen-bond acceptors (Lipinski definition) is 6. The molecule has 2 rings (SSSR count). The van der Waals surface area contributed by atoms with Crippen LogP contribution in [0.3, 0.4) is 0 Å². The highest BCUT2D eigenvalue weighted by Gasteiger charge is 2.14. The summed E-state index contributed by atoms with van der Waals surface area (Å²) in [7, 11) is 1.46. The lowest BCUT2D eigenvalue weighted by Crippen LogP contribution is -2.25. The van der Waals surface area contributed by atoms with Crippen molar-refractivity contribution < 1.29 is 23.8 Å². The molecule has 2 aromatic carbocycles. The lowest BCUT2D eigenvalue weighted by Gasteiger charge is -2.12. The molecule has 0 aromatic heterocycles. The third-order valence-corrected chi connectivity index (χ3v) is 5.06. The fraction of sp³-hybridized carbons (Fsp3) is 0.292. The Bertz CT molecular complexity index is 999. The molecule has 0 bridgehead atoms. The van der Waals surface area contributed by atoms with Crippen molar-refractivity contribution in [3.63, 3.8) is 0 Å². The number of nitriles is 1. The summed E-state index contributed by atoms with van der Waals surface area (Å²) in [6.45, 7) is 2.17. The number of carbonyl (C=O) groups is 2. The lowest BCUT2D eigenvalue weighted by molar-refractivity contribution is -0.145. The van der Waals surface area contributed by atoms with Crippen molar-refractivity contribution in [1.29, 1.82) is 5.26 Å². The molecule has 0 spiro atoms. The number of amides is 1. The number of halogens is 1. The Morgan fingerprint density at radius 3 is 2.59 bits per heavy atom. The zero-order valence-electron chi connectivity index (χ0n) is 18.0. The molecule has 8 heteroatoms. The van der Waals surface area contributed by atoms with E-state index in [1.54, 1.807) is 19.1 Å². The number of hydrogen-bond donors (Lipinski definition) is 1. The third kappa shape index (κ3) is 7.75. The summed E-state index contributed by atoms with van der Waals surface area (Å²) in [5.74, 6) is -0.267. The van der Waals surface area contributed by atoms with Gasteiger partial charge in [-0.1, -0.05) is 46.3 Å². The van der Waals surface area contributed by atoms with Crippen LogP contribution in [-0.2, 0) is 20.7 Å². The first-order valence-electron chi connectivity index (χ1n) is 10.1. The Kier molecular flexibility index (Phi) is 10.3. The molecule has 0 fully saturated rings. The van der Waals surface area contributed by atoms with E-state index in [2.05, 4.69) is 21.2 Å². The van der Waals surface area contributed by atoms with E-state index in [9.17, 15) is 14.9 Å². The number of benzene rings is 2. The van der Waals surface area contributed by atoms with Gasteiger partial charge in [0.25, 0.3) is 5.91 Å². The van der Waals surface area contributed by atoms with Gasteiger partial charge in [0.05, 0.1) is 13.7 Å². The SMILES string of the molecule is CCOC(=O)COc1cc(Br)c(/C=C(/C#N)C(=O)NCCCc2ccccc2)cc1OC. The Morgan fingerprint density at radius 1 is 1.19 bits per heavy atom. The molecule has 0 heterocycles. The minimum atomic E-state index is -0.495. The van der Waals surface area contributed by atoms with Crippen LogP contribution in [0.25, 0.3) is 6.08 Å². The third-order valence-electron chi connectivity index (χ3n) is 4.37. The van der Waals surface area contributed by atoms with E-state index < -0.39 is 11.9 Å². The molecule has 0 saturated heterocycles. The average Bonchev–Trinajstić information content (AvgIpc) is 2.80. The van der Waals surface area contributed by atoms with Gasteiger partial charge in [-0.3, -0.25) is 4.79 Å². The highest BCUT2D eigenvalue weighted by atomic mass is 79.9. The molecule has 0 saturated carbocycles. The monoisotopic (exact) mass is 500 g/mol. The number of nitrogens with zero attached hydrogens (tertiary/aromatic N) is 1. The Hall–Kier alpha value is -3.31. The second kappa shape index (κ2) is 13.2. The van der Waals surface area contributed by atoms with Crippen molar-refractivity contribution in [2.45, 2.75) is 19.8 Å². The van der Waals surface area contributed by atoms with Gasteiger partial charge in [-0.2, -0.15) is 5.26 Å². The Morgan fingerprint density at radius 2 is 1.94 bits per heavy atom. The minimum absolute atomic E-state index is 0.0346. The van der Waals surface area contributed by atoms with Crippen molar-refractivity contribution >= 4 is 33.9 Å². The van der Waals surface area contributed by atoms with E-state index in [-0.39, 0.29) is 18.8 Å². The molecule has 0 atom stereocenters. The first-order valence-corrected chi connectivity index (χ1v) is 10.9. The Balaban J connectivity index is 2.04. The van der Waals surface area contributed by atoms with Gasteiger partial charge in [0.15, 0.2) is 18.1 Å². The van der Waals surface area contributed by atoms with Crippen LogP contribution in [0.2, 0.25) is 0 Å². The lowest BCUT2D eigenvalue weighted by atomic mass is 10.1. The van der Waals surface area contributed by atoms with Crippen LogP contribution >= 0.6 is 15.9 Å². The van der Waals surface area contributed by atoms with Crippen LogP contribution in [0.15, 0.2) is 52.5 Å². The standard InChI is InChI=1S/C24H25BrN2O5/c1-3-31-23(28)16-32-22-14-20(25)18(13-21(22)30-2)12-19(15-26)24(29)27-11-7-10-17-8-5-4-6-9-17/h4-6,8-9,12-14H,3,7,10-11,16H2,1-2H3,(H,27,29)/b19-12-. The zero-order chi connectivity index (χ0) is 23.3. The first kappa shape index (κ1) is 25.0. The van der Waals surface area contributed by atoms with Crippen LogP contribution in [0.5, 0.6) is 11.5 Å². The zero-order valence-corrected chi connectivity index (χ0v) is 19.6. The topological polar surface area (TPSA) is 97.7 Å². The van der Waals surface area contributed by atoms with Gasteiger partial charge in [0.1, 0.15) is 11.6 Å². The van der Waals surface area contributed by atoms with E-state index in [0.717, 1.165) is 12.8 Å². The summed E-state index contributed by atoms with van der Waals surface area (Å²) >= 11 is 3.41. The highest BCUT2D eigenvalue weighted by Crippen LogP contribution is 2.34. The van der Waals surface area contributed by atoms with Crippen molar-refractivity contribution in [2.75, 3.05) is 26.9 Å². The first-order chi connectivity index (χ1) is 15.5. The van der Waals surface area contributed by atoms with Gasteiger partial charge in [-0.25, -0.2) is 4.79 Å². The molecule has 32 heavy (non-hydrogen) atoms. The van der Waals surface area contributed by atoms with Gasteiger partial charge in [-0.05, 0) is 49.1 Å². The number of nitrogens with one attached hydrogen (secondary N) is 1.